The van der Waals surface area contributed by atoms with Crippen LogP contribution in [0.2, 0.25) is 0 Å². The Morgan fingerprint density at radius 1 is 1.42 bits per heavy atom. The predicted octanol–water partition coefficient (Wildman–Crippen LogP) is 1.92. The van der Waals surface area contributed by atoms with Crippen LogP contribution in [0.1, 0.15) is 22.8 Å². The van der Waals surface area contributed by atoms with Gasteiger partial charge in [-0.15, -0.1) is 13.2 Å². The SMILES string of the molecule is CCOC(=O)c1c(CF)cc(OC(F)(F)F)[nH]c1=O. The standard InChI is InChI=1S/C10H9F4NO4/c1-2-18-9(17)7-5(4-11)3-6(15-8(7)16)19-10(12,13)14/h3H,2,4H2,1H3,(H,15,16). The molecular weight excluding hydrogens is 274 g/mol. The number of esters is 1. The van der Waals surface area contributed by atoms with Crippen LogP contribution in [0.4, 0.5) is 17.6 Å². The summed E-state index contributed by atoms with van der Waals surface area (Å²) >= 11 is 0. The number of ether oxygens (including phenoxy) is 2. The topological polar surface area (TPSA) is 68.4 Å². The lowest BCUT2D eigenvalue weighted by atomic mass is 10.1. The summed E-state index contributed by atoms with van der Waals surface area (Å²) < 4.78 is 56.5. The Hall–Kier alpha value is -2.06. The van der Waals surface area contributed by atoms with E-state index < -0.39 is 41.6 Å². The van der Waals surface area contributed by atoms with Gasteiger partial charge in [0, 0.05) is 11.6 Å². The zero-order valence-corrected chi connectivity index (χ0v) is 9.64. The molecule has 5 nitrogen and oxygen atoms in total. The fraction of sp³-hybridized carbons (Fsp3) is 0.400. The lowest BCUT2D eigenvalue weighted by molar-refractivity contribution is -0.276. The lowest BCUT2D eigenvalue weighted by Gasteiger charge is -2.11. The van der Waals surface area contributed by atoms with Crippen LogP contribution in [0.3, 0.4) is 0 Å². The molecule has 0 saturated heterocycles. The third-order valence-corrected chi connectivity index (χ3v) is 1.94. The van der Waals surface area contributed by atoms with Crippen molar-refractivity contribution in [2.45, 2.75) is 20.0 Å². The number of aromatic amines is 1. The summed E-state index contributed by atoms with van der Waals surface area (Å²) in [6.45, 7) is 0.0828. The number of H-pyrrole nitrogens is 1. The summed E-state index contributed by atoms with van der Waals surface area (Å²) in [7, 11) is 0. The van der Waals surface area contributed by atoms with E-state index in [4.69, 9.17) is 0 Å². The number of rotatable bonds is 4. The Morgan fingerprint density at radius 2 is 2.05 bits per heavy atom. The smallest absolute Gasteiger partial charge is 0.462 e. The molecular formula is C10H9F4NO4. The summed E-state index contributed by atoms with van der Waals surface area (Å²) in [6.07, 6.45) is -5.04. The van der Waals surface area contributed by atoms with Crippen molar-refractivity contribution in [1.29, 1.82) is 0 Å². The van der Waals surface area contributed by atoms with E-state index in [0.717, 1.165) is 0 Å². The fourth-order valence-electron chi connectivity index (χ4n) is 1.30. The first-order valence-electron chi connectivity index (χ1n) is 5.03. The number of halogens is 4. The van der Waals surface area contributed by atoms with Crippen LogP contribution in [-0.2, 0) is 11.4 Å². The molecule has 0 aliphatic heterocycles. The van der Waals surface area contributed by atoms with E-state index in [-0.39, 0.29) is 6.61 Å². The minimum atomic E-state index is -5.04. The van der Waals surface area contributed by atoms with Gasteiger partial charge in [0.1, 0.15) is 12.2 Å². The molecule has 0 aromatic carbocycles. The monoisotopic (exact) mass is 283 g/mol. The van der Waals surface area contributed by atoms with Gasteiger partial charge in [-0.2, -0.15) is 0 Å². The minimum Gasteiger partial charge on any atom is -0.462 e. The molecule has 0 atom stereocenters. The Morgan fingerprint density at radius 3 is 2.53 bits per heavy atom. The van der Waals surface area contributed by atoms with Crippen LogP contribution in [-0.4, -0.2) is 23.9 Å². The van der Waals surface area contributed by atoms with Crippen LogP contribution < -0.4 is 10.3 Å². The van der Waals surface area contributed by atoms with Gasteiger partial charge < -0.3 is 9.47 Å². The Bertz CT molecular complexity index is 523. The van der Waals surface area contributed by atoms with Gasteiger partial charge in [0.05, 0.1) is 6.61 Å². The lowest BCUT2D eigenvalue weighted by Crippen LogP contribution is -2.25. The van der Waals surface area contributed by atoms with Gasteiger partial charge in [-0.3, -0.25) is 9.78 Å². The molecule has 0 radical (unpaired) electrons. The first-order chi connectivity index (χ1) is 8.78. The van der Waals surface area contributed by atoms with E-state index in [1.54, 1.807) is 4.98 Å². The van der Waals surface area contributed by atoms with Gasteiger partial charge in [-0.1, -0.05) is 0 Å². The maximum atomic E-state index is 12.7. The molecule has 0 saturated carbocycles. The van der Waals surface area contributed by atoms with Gasteiger partial charge in [0.2, 0.25) is 5.88 Å². The molecule has 0 bridgehead atoms. The molecule has 1 aromatic heterocycles. The fourth-order valence-corrected chi connectivity index (χ4v) is 1.30. The van der Waals surface area contributed by atoms with Crippen LogP contribution in [0.15, 0.2) is 10.9 Å². The molecule has 0 spiro atoms. The van der Waals surface area contributed by atoms with Gasteiger partial charge in [-0.05, 0) is 6.92 Å². The van der Waals surface area contributed by atoms with E-state index in [2.05, 4.69) is 9.47 Å². The second-order valence-electron chi connectivity index (χ2n) is 3.26. The molecule has 19 heavy (non-hydrogen) atoms. The van der Waals surface area contributed by atoms with Crippen LogP contribution in [0.5, 0.6) is 5.88 Å². The molecule has 0 aliphatic carbocycles. The van der Waals surface area contributed by atoms with Crippen molar-refractivity contribution in [2.75, 3.05) is 6.61 Å². The van der Waals surface area contributed by atoms with Gasteiger partial charge in [0.25, 0.3) is 5.56 Å². The molecule has 1 aromatic rings. The largest absolute Gasteiger partial charge is 0.574 e. The van der Waals surface area contributed by atoms with E-state index >= 15 is 0 Å². The normalized spacial score (nSPS) is 11.2. The highest BCUT2D eigenvalue weighted by atomic mass is 19.4. The van der Waals surface area contributed by atoms with Crippen molar-refractivity contribution < 1.29 is 31.8 Å². The maximum Gasteiger partial charge on any atom is 0.574 e. The molecule has 106 valence electrons. The number of carbonyl (C=O) groups is 1. The third-order valence-electron chi connectivity index (χ3n) is 1.94. The number of pyridine rings is 1. The van der Waals surface area contributed by atoms with Gasteiger partial charge in [-0.25, -0.2) is 9.18 Å². The van der Waals surface area contributed by atoms with E-state index in [0.29, 0.717) is 6.07 Å². The Labute approximate surface area is 104 Å². The quantitative estimate of drug-likeness (QED) is 0.677. The van der Waals surface area contributed by atoms with Gasteiger partial charge in [0.15, 0.2) is 0 Å². The van der Waals surface area contributed by atoms with Crippen molar-refractivity contribution in [1.82, 2.24) is 4.98 Å². The molecule has 1 rings (SSSR count). The number of hydrogen-bond acceptors (Lipinski definition) is 4. The summed E-state index contributed by atoms with van der Waals surface area (Å²) in [6, 6.07) is 0.584. The summed E-state index contributed by atoms with van der Waals surface area (Å²) in [5, 5.41) is 0. The molecule has 0 unspecified atom stereocenters. The second kappa shape index (κ2) is 5.72. The zero-order chi connectivity index (χ0) is 14.6. The number of alkyl halides is 4. The Kier molecular flexibility index (Phi) is 4.52. The van der Waals surface area contributed by atoms with Crippen molar-refractivity contribution in [2.24, 2.45) is 0 Å². The molecule has 1 heterocycles. The number of aromatic nitrogens is 1. The second-order valence-corrected chi connectivity index (χ2v) is 3.26. The van der Waals surface area contributed by atoms with Crippen molar-refractivity contribution in [3.63, 3.8) is 0 Å². The van der Waals surface area contributed by atoms with Crippen molar-refractivity contribution >= 4 is 5.97 Å². The highest BCUT2D eigenvalue weighted by Gasteiger charge is 2.32. The van der Waals surface area contributed by atoms with E-state index in [1.165, 1.54) is 6.92 Å². The maximum absolute atomic E-state index is 12.7. The van der Waals surface area contributed by atoms with Crippen molar-refractivity contribution in [3.05, 3.63) is 27.5 Å². The predicted molar refractivity (Wildman–Crippen MR) is 54.5 cm³/mol. The van der Waals surface area contributed by atoms with E-state index in [1.807, 2.05) is 0 Å². The minimum absolute atomic E-state index is 0.0647. The zero-order valence-electron chi connectivity index (χ0n) is 9.64. The Balaban J connectivity index is 3.23. The number of nitrogens with one attached hydrogen (secondary N) is 1. The van der Waals surface area contributed by atoms with Crippen molar-refractivity contribution in [3.8, 4) is 5.88 Å². The molecule has 0 aliphatic rings. The summed E-state index contributed by atoms with van der Waals surface area (Å²) in [5.74, 6) is -2.12. The number of hydrogen-bond donors (Lipinski definition) is 1. The molecule has 0 fully saturated rings. The average molecular weight is 283 g/mol. The summed E-state index contributed by atoms with van der Waals surface area (Å²) in [4.78, 5) is 24.5. The molecule has 9 heteroatoms. The highest BCUT2D eigenvalue weighted by Crippen LogP contribution is 2.22. The first kappa shape index (κ1) is 15.0. The van der Waals surface area contributed by atoms with Gasteiger partial charge >= 0.3 is 12.3 Å². The highest BCUT2D eigenvalue weighted by molar-refractivity contribution is 5.90. The van der Waals surface area contributed by atoms with Crippen LogP contribution >= 0.6 is 0 Å². The van der Waals surface area contributed by atoms with Crippen LogP contribution in [0, 0.1) is 0 Å². The number of carbonyl (C=O) groups excluding carboxylic acids is 1. The molecule has 0 amide bonds. The first-order valence-corrected chi connectivity index (χ1v) is 5.03. The molecule has 1 N–H and O–H groups in total. The van der Waals surface area contributed by atoms with Crippen LogP contribution in [0.25, 0.3) is 0 Å². The third kappa shape index (κ3) is 3.97. The summed E-state index contributed by atoms with van der Waals surface area (Å²) in [5.41, 5.74) is -2.44. The average Bonchev–Trinajstić information content (AvgIpc) is 2.25. The van der Waals surface area contributed by atoms with E-state index in [9.17, 15) is 27.2 Å².